The predicted molar refractivity (Wildman–Crippen MR) is 102 cm³/mol. The van der Waals surface area contributed by atoms with Gasteiger partial charge in [0.2, 0.25) is 5.91 Å². The summed E-state index contributed by atoms with van der Waals surface area (Å²) >= 11 is 1.57. The van der Waals surface area contributed by atoms with Gasteiger partial charge in [0.05, 0.1) is 6.54 Å². The number of aromatic nitrogens is 1. The van der Waals surface area contributed by atoms with Crippen LogP contribution >= 0.6 is 11.3 Å². The Morgan fingerprint density at radius 2 is 2.24 bits per heavy atom. The Bertz CT molecular complexity index is 661. The molecule has 1 aliphatic heterocycles. The summed E-state index contributed by atoms with van der Waals surface area (Å²) in [4.78, 5) is 21.6. The minimum absolute atomic E-state index is 0.0415. The van der Waals surface area contributed by atoms with Crippen LogP contribution in [0.15, 0.2) is 41.9 Å². The summed E-state index contributed by atoms with van der Waals surface area (Å²) in [5, 5.41) is 6.03. The molecule has 2 atom stereocenters. The van der Waals surface area contributed by atoms with Crippen molar-refractivity contribution in [1.29, 1.82) is 0 Å². The number of benzene rings is 1. The molecule has 0 bridgehead atoms. The first-order chi connectivity index (χ1) is 12.1. The van der Waals surface area contributed by atoms with Gasteiger partial charge in [-0.3, -0.25) is 9.69 Å². The van der Waals surface area contributed by atoms with E-state index in [-0.39, 0.29) is 11.9 Å². The van der Waals surface area contributed by atoms with E-state index in [9.17, 15) is 4.79 Å². The summed E-state index contributed by atoms with van der Waals surface area (Å²) in [5.74, 6) is 0.0415. The zero-order chi connectivity index (χ0) is 17.6. The highest BCUT2D eigenvalue weighted by atomic mass is 32.1. The number of carbonyl (C=O) groups excluding carboxylic acids is 1. The highest BCUT2D eigenvalue weighted by Crippen LogP contribution is 2.23. The number of nitrogens with one attached hydrogen (secondary N) is 1. The second-order valence-electron chi connectivity index (χ2n) is 6.75. The summed E-state index contributed by atoms with van der Waals surface area (Å²) in [7, 11) is 4.19. The van der Waals surface area contributed by atoms with Crippen molar-refractivity contribution in [3.63, 3.8) is 0 Å². The van der Waals surface area contributed by atoms with Crippen LogP contribution in [0.2, 0.25) is 0 Å². The van der Waals surface area contributed by atoms with Crippen LogP contribution < -0.4 is 5.32 Å². The lowest BCUT2D eigenvalue weighted by atomic mass is 10.0. The molecule has 0 unspecified atom stereocenters. The molecule has 25 heavy (non-hydrogen) atoms. The van der Waals surface area contributed by atoms with Crippen LogP contribution in [0.4, 0.5) is 0 Å². The van der Waals surface area contributed by atoms with Crippen molar-refractivity contribution in [2.24, 2.45) is 0 Å². The van der Waals surface area contributed by atoms with Crippen molar-refractivity contribution < 1.29 is 4.79 Å². The third kappa shape index (κ3) is 4.87. The number of rotatable bonds is 6. The standard InChI is InChI=1S/C19H26N4OS/c1-22-11-6-9-16(13-22)23(2)14-17(24)21-18(19-20-10-12-25-19)15-7-4-3-5-8-15/h3-5,7-8,10,12,16,18H,6,9,11,13-14H2,1-2H3,(H,21,24)/t16-,18+/m1/s1. The molecule has 6 heteroatoms. The fourth-order valence-electron chi connectivity index (χ4n) is 3.37. The topological polar surface area (TPSA) is 48.5 Å². The fraction of sp³-hybridized carbons (Fsp3) is 0.474. The highest BCUT2D eigenvalue weighted by molar-refractivity contribution is 7.09. The third-order valence-electron chi connectivity index (χ3n) is 4.75. The van der Waals surface area contributed by atoms with Gasteiger partial charge in [0, 0.05) is 24.2 Å². The summed E-state index contributed by atoms with van der Waals surface area (Å²) in [6, 6.07) is 10.3. The minimum atomic E-state index is -0.184. The van der Waals surface area contributed by atoms with E-state index in [2.05, 4.69) is 27.1 Å². The quantitative estimate of drug-likeness (QED) is 0.861. The van der Waals surface area contributed by atoms with Crippen molar-refractivity contribution in [2.75, 3.05) is 33.7 Å². The lowest BCUT2D eigenvalue weighted by Crippen LogP contribution is -2.48. The van der Waals surface area contributed by atoms with Crippen molar-refractivity contribution in [3.05, 3.63) is 52.5 Å². The Labute approximate surface area is 153 Å². The van der Waals surface area contributed by atoms with Crippen LogP contribution in [-0.2, 0) is 4.79 Å². The maximum absolute atomic E-state index is 12.7. The number of piperidine rings is 1. The van der Waals surface area contributed by atoms with Crippen molar-refractivity contribution in [2.45, 2.75) is 24.9 Å². The Kier molecular flexibility index (Phi) is 6.18. The smallest absolute Gasteiger partial charge is 0.235 e. The van der Waals surface area contributed by atoms with E-state index < -0.39 is 0 Å². The maximum atomic E-state index is 12.7. The number of hydrogen-bond donors (Lipinski definition) is 1. The van der Waals surface area contributed by atoms with E-state index in [0.717, 1.165) is 30.1 Å². The SMILES string of the molecule is CN1CCC[C@@H](N(C)CC(=O)N[C@@H](c2ccccc2)c2nccs2)C1. The molecule has 0 aliphatic carbocycles. The van der Waals surface area contributed by atoms with Gasteiger partial charge in [-0.05, 0) is 39.0 Å². The molecular formula is C19H26N4OS. The monoisotopic (exact) mass is 358 g/mol. The molecule has 2 aromatic rings. The summed E-state index contributed by atoms with van der Waals surface area (Å²) < 4.78 is 0. The Hall–Kier alpha value is -1.76. The maximum Gasteiger partial charge on any atom is 0.235 e. The molecule has 0 radical (unpaired) electrons. The Morgan fingerprint density at radius 1 is 1.44 bits per heavy atom. The zero-order valence-electron chi connectivity index (χ0n) is 14.9. The van der Waals surface area contributed by atoms with Gasteiger partial charge >= 0.3 is 0 Å². The van der Waals surface area contributed by atoms with Gasteiger partial charge in [0.15, 0.2) is 0 Å². The zero-order valence-corrected chi connectivity index (χ0v) is 15.7. The summed E-state index contributed by atoms with van der Waals surface area (Å²) in [5.41, 5.74) is 1.06. The van der Waals surface area contributed by atoms with Gasteiger partial charge in [0.25, 0.3) is 0 Å². The summed E-state index contributed by atoms with van der Waals surface area (Å²) in [6.45, 7) is 2.59. The van der Waals surface area contributed by atoms with E-state index in [1.807, 2.05) is 42.8 Å². The molecule has 0 spiro atoms. The predicted octanol–water partition coefficient (Wildman–Crippen LogP) is 2.37. The molecule has 134 valence electrons. The Balaban J connectivity index is 1.64. The largest absolute Gasteiger partial charge is 0.342 e. The first-order valence-corrected chi connectivity index (χ1v) is 9.64. The van der Waals surface area contributed by atoms with E-state index in [1.54, 1.807) is 17.5 Å². The van der Waals surface area contributed by atoms with Gasteiger partial charge in [0.1, 0.15) is 11.0 Å². The number of thiazole rings is 1. The van der Waals surface area contributed by atoms with E-state index >= 15 is 0 Å². The molecule has 1 amide bonds. The second kappa shape index (κ2) is 8.56. The summed E-state index contributed by atoms with van der Waals surface area (Å²) in [6.07, 6.45) is 4.13. The first-order valence-electron chi connectivity index (χ1n) is 8.76. The van der Waals surface area contributed by atoms with Crippen molar-refractivity contribution in [3.8, 4) is 0 Å². The molecule has 1 saturated heterocycles. The molecule has 1 aliphatic rings. The number of likely N-dealkylation sites (N-methyl/N-ethyl adjacent to an activating group) is 2. The molecule has 2 heterocycles. The molecule has 5 nitrogen and oxygen atoms in total. The van der Waals surface area contributed by atoms with Crippen molar-refractivity contribution in [1.82, 2.24) is 20.1 Å². The molecule has 1 fully saturated rings. The first kappa shape index (κ1) is 18.0. The van der Waals surface area contributed by atoms with Crippen LogP contribution in [0.25, 0.3) is 0 Å². The fourth-order valence-corrected chi connectivity index (χ4v) is 4.09. The molecule has 3 rings (SSSR count). The van der Waals surface area contributed by atoms with E-state index in [0.29, 0.717) is 12.6 Å². The van der Waals surface area contributed by atoms with E-state index in [1.165, 1.54) is 6.42 Å². The van der Waals surface area contributed by atoms with Gasteiger partial charge in [-0.15, -0.1) is 11.3 Å². The van der Waals surface area contributed by atoms with Gasteiger partial charge in [-0.2, -0.15) is 0 Å². The number of carbonyl (C=O) groups is 1. The molecule has 0 saturated carbocycles. The Morgan fingerprint density at radius 3 is 2.92 bits per heavy atom. The van der Waals surface area contributed by atoms with Gasteiger partial charge in [-0.25, -0.2) is 4.98 Å². The van der Waals surface area contributed by atoms with Gasteiger partial charge < -0.3 is 10.2 Å². The number of nitrogens with zero attached hydrogens (tertiary/aromatic N) is 3. The minimum Gasteiger partial charge on any atom is -0.342 e. The van der Waals surface area contributed by atoms with Crippen LogP contribution in [-0.4, -0.2) is 60.5 Å². The van der Waals surface area contributed by atoms with E-state index in [4.69, 9.17) is 0 Å². The second-order valence-corrected chi connectivity index (χ2v) is 7.68. The lowest BCUT2D eigenvalue weighted by Gasteiger charge is -2.35. The number of amides is 1. The number of likely N-dealkylation sites (tertiary alicyclic amines) is 1. The highest BCUT2D eigenvalue weighted by Gasteiger charge is 2.24. The molecule has 1 N–H and O–H groups in total. The normalized spacial score (nSPS) is 19.7. The van der Waals surface area contributed by atoms with Crippen molar-refractivity contribution >= 4 is 17.2 Å². The van der Waals surface area contributed by atoms with Crippen LogP contribution in [0.3, 0.4) is 0 Å². The van der Waals surface area contributed by atoms with Crippen LogP contribution in [0.1, 0.15) is 29.5 Å². The third-order valence-corrected chi connectivity index (χ3v) is 5.59. The van der Waals surface area contributed by atoms with Gasteiger partial charge in [-0.1, -0.05) is 30.3 Å². The number of hydrogen-bond acceptors (Lipinski definition) is 5. The average Bonchev–Trinajstić information content (AvgIpc) is 3.15. The molecular weight excluding hydrogens is 332 g/mol. The van der Waals surface area contributed by atoms with Crippen LogP contribution in [0, 0.1) is 0 Å². The lowest BCUT2D eigenvalue weighted by molar-refractivity contribution is -0.123. The molecule has 1 aromatic heterocycles. The molecule has 1 aromatic carbocycles. The average molecular weight is 359 g/mol. The van der Waals surface area contributed by atoms with Crippen LogP contribution in [0.5, 0.6) is 0 Å².